The van der Waals surface area contributed by atoms with Crippen molar-refractivity contribution in [1.82, 2.24) is 5.32 Å². The van der Waals surface area contributed by atoms with E-state index in [2.05, 4.69) is 10.6 Å². The number of anilines is 1. The number of Topliss-reactive ketones (excluding diaryl/α,β-unsaturated/α-hetero) is 1. The number of aryl methyl sites for hydroxylation is 1. The zero-order chi connectivity index (χ0) is 16.8. The molecule has 0 aliphatic heterocycles. The highest BCUT2D eigenvalue weighted by Gasteiger charge is 2.18. The third-order valence-corrected chi connectivity index (χ3v) is 4.58. The molecule has 0 saturated carbocycles. The molecule has 1 aromatic carbocycles. The van der Waals surface area contributed by atoms with Crippen LogP contribution in [-0.4, -0.2) is 29.6 Å². The maximum absolute atomic E-state index is 11.9. The topological polar surface area (TPSA) is 78.4 Å². The molecule has 0 spiro atoms. The summed E-state index contributed by atoms with van der Waals surface area (Å²) in [5.41, 5.74) is 2.37. The lowest BCUT2D eigenvalue weighted by atomic mass is 9.90. The van der Waals surface area contributed by atoms with E-state index in [4.69, 9.17) is 0 Å². The monoisotopic (exact) mass is 318 g/mol. The maximum atomic E-state index is 11.9. The smallest absolute Gasteiger partial charge is 0.319 e. The van der Waals surface area contributed by atoms with Gasteiger partial charge in [-0.05, 0) is 36.5 Å². The van der Waals surface area contributed by atoms with Gasteiger partial charge in [-0.1, -0.05) is 32.8 Å². The average Bonchev–Trinajstić information content (AvgIpc) is 2.55. The van der Waals surface area contributed by atoms with Gasteiger partial charge < -0.3 is 15.7 Å². The molecule has 0 saturated heterocycles. The van der Waals surface area contributed by atoms with Crippen molar-refractivity contribution in [3.05, 3.63) is 29.3 Å². The molecule has 5 nitrogen and oxygen atoms in total. The summed E-state index contributed by atoms with van der Waals surface area (Å²) in [6.07, 6.45) is 3.61. The lowest BCUT2D eigenvalue weighted by molar-refractivity contribution is 0.0972. The number of benzene rings is 1. The van der Waals surface area contributed by atoms with Crippen LogP contribution in [0.5, 0.6) is 0 Å². The number of carbonyl (C=O) groups is 2. The second-order valence-corrected chi connectivity index (χ2v) is 6.13. The molecule has 1 aliphatic carbocycles. The minimum atomic E-state index is -0.541. The zero-order valence-electron chi connectivity index (χ0n) is 13.9. The summed E-state index contributed by atoms with van der Waals surface area (Å²) in [4.78, 5) is 23.9. The average molecular weight is 318 g/mol. The van der Waals surface area contributed by atoms with Crippen LogP contribution in [0.4, 0.5) is 10.5 Å². The first-order chi connectivity index (χ1) is 11.0. The number of urea groups is 1. The number of aliphatic hydroxyl groups is 1. The SMILES string of the molecule is CCC(CC)C(O)CNC(=O)Nc1ccc2c(c1)C(=O)CCC2. The second kappa shape index (κ2) is 8.11. The molecule has 0 heterocycles. The summed E-state index contributed by atoms with van der Waals surface area (Å²) >= 11 is 0. The number of rotatable bonds is 6. The van der Waals surface area contributed by atoms with Gasteiger partial charge in [0.25, 0.3) is 0 Å². The van der Waals surface area contributed by atoms with Crippen LogP contribution in [0.2, 0.25) is 0 Å². The van der Waals surface area contributed by atoms with E-state index in [1.165, 1.54) is 0 Å². The molecule has 3 N–H and O–H groups in total. The van der Waals surface area contributed by atoms with Crippen molar-refractivity contribution in [3.63, 3.8) is 0 Å². The molecular formula is C18H26N2O3. The van der Waals surface area contributed by atoms with Gasteiger partial charge in [0.1, 0.15) is 0 Å². The van der Waals surface area contributed by atoms with Gasteiger partial charge in [0, 0.05) is 24.2 Å². The van der Waals surface area contributed by atoms with Crippen LogP contribution in [0, 0.1) is 5.92 Å². The Morgan fingerprint density at radius 3 is 2.70 bits per heavy atom. The molecule has 5 heteroatoms. The Morgan fingerprint density at radius 2 is 2.00 bits per heavy atom. The highest BCUT2D eigenvalue weighted by Crippen LogP contribution is 2.24. The summed E-state index contributed by atoms with van der Waals surface area (Å²) < 4.78 is 0. The lowest BCUT2D eigenvalue weighted by Crippen LogP contribution is -2.38. The highest BCUT2D eigenvalue weighted by atomic mass is 16.3. The minimum Gasteiger partial charge on any atom is -0.391 e. The predicted molar refractivity (Wildman–Crippen MR) is 90.8 cm³/mol. The van der Waals surface area contributed by atoms with Gasteiger partial charge in [-0.25, -0.2) is 4.79 Å². The third-order valence-electron chi connectivity index (χ3n) is 4.58. The predicted octanol–water partition coefficient (Wildman–Crippen LogP) is 3.12. The summed E-state index contributed by atoms with van der Waals surface area (Å²) in [6, 6.07) is 5.10. The molecule has 1 unspecified atom stereocenters. The number of fused-ring (bicyclic) bond motifs is 1. The lowest BCUT2D eigenvalue weighted by Gasteiger charge is -2.20. The molecule has 23 heavy (non-hydrogen) atoms. The van der Waals surface area contributed by atoms with Gasteiger partial charge in [-0.3, -0.25) is 4.79 Å². The van der Waals surface area contributed by atoms with Gasteiger partial charge in [0.2, 0.25) is 0 Å². The van der Waals surface area contributed by atoms with E-state index < -0.39 is 6.10 Å². The Morgan fingerprint density at radius 1 is 1.26 bits per heavy atom. The van der Waals surface area contributed by atoms with E-state index in [1.54, 1.807) is 6.07 Å². The zero-order valence-corrected chi connectivity index (χ0v) is 13.9. The van der Waals surface area contributed by atoms with Crippen LogP contribution in [-0.2, 0) is 6.42 Å². The van der Waals surface area contributed by atoms with Crippen molar-refractivity contribution in [1.29, 1.82) is 0 Å². The van der Waals surface area contributed by atoms with E-state index in [0.29, 0.717) is 17.7 Å². The van der Waals surface area contributed by atoms with Crippen LogP contribution >= 0.6 is 0 Å². The summed E-state index contributed by atoms with van der Waals surface area (Å²) in [5.74, 6) is 0.330. The molecule has 0 radical (unpaired) electrons. The van der Waals surface area contributed by atoms with E-state index >= 15 is 0 Å². The minimum absolute atomic E-state index is 0.138. The molecule has 2 rings (SSSR count). The number of hydrogen-bond acceptors (Lipinski definition) is 3. The van der Waals surface area contributed by atoms with Gasteiger partial charge in [0.05, 0.1) is 6.10 Å². The number of ketones is 1. The molecule has 1 aliphatic rings. The molecule has 1 aromatic rings. The van der Waals surface area contributed by atoms with Crippen molar-refractivity contribution in [3.8, 4) is 0 Å². The normalized spacial score (nSPS) is 15.2. The van der Waals surface area contributed by atoms with Crippen molar-refractivity contribution < 1.29 is 14.7 Å². The van der Waals surface area contributed by atoms with Crippen molar-refractivity contribution in [2.24, 2.45) is 5.92 Å². The van der Waals surface area contributed by atoms with Crippen LogP contribution in [0.1, 0.15) is 55.5 Å². The fraction of sp³-hybridized carbons (Fsp3) is 0.556. The fourth-order valence-electron chi connectivity index (χ4n) is 3.08. The van der Waals surface area contributed by atoms with Gasteiger partial charge in [-0.15, -0.1) is 0 Å². The summed E-state index contributed by atoms with van der Waals surface area (Å²) in [6.45, 7) is 4.28. The van der Waals surface area contributed by atoms with Crippen LogP contribution in [0.15, 0.2) is 18.2 Å². The van der Waals surface area contributed by atoms with Crippen molar-refractivity contribution >= 4 is 17.5 Å². The Bertz CT molecular complexity index is 567. The molecule has 1 atom stereocenters. The van der Waals surface area contributed by atoms with E-state index in [-0.39, 0.29) is 24.3 Å². The van der Waals surface area contributed by atoms with Gasteiger partial charge in [-0.2, -0.15) is 0 Å². The summed E-state index contributed by atoms with van der Waals surface area (Å²) in [5, 5.41) is 15.4. The first-order valence-electron chi connectivity index (χ1n) is 8.44. The van der Waals surface area contributed by atoms with Gasteiger partial charge >= 0.3 is 6.03 Å². The molecule has 0 bridgehead atoms. The quantitative estimate of drug-likeness (QED) is 0.754. The van der Waals surface area contributed by atoms with E-state index in [1.807, 2.05) is 26.0 Å². The highest BCUT2D eigenvalue weighted by molar-refractivity contribution is 6.00. The molecule has 2 amide bonds. The van der Waals surface area contributed by atoms with Crippen LogP contribution in [0.3, 0.4) is 0 Å². The van der Waals surface area contributed by atoms with Crippen molar-refractivity contribution in [2.45, 2.75) is 52.1 Å². The van der Waals surface area contributed by atoms with Crippen LogP contribution < -0.4 is 10.6 Å². The first kappa shape index (κ1) is 17.5. The molecular weight excluding hydrogens is 292 g/mol. The third kappa shape index (κ3) is 4.55. The number of aliphatic hydroxyl groups excluding tert-OH is 1. The number of amides is 2. The van der Waals surface area contributed by atoms with Crippen molar-refractivity contribution in [2.75, 3.05) is 11.9 Å². The maximum Gasteiger partial charge on any atom is 0.319 e. The molecule has 126 valence electrons. The Labute approximate surface area is 137 Å². The number of nitrogens with one attached hydrogen (secondary N) is 2. The Balaban J connectivity index is 1.91. The first-order valence-corrected chi connectivity index (χ1v) is 8.44. The Hall–Kier alpha value is -1.88. The second-order valence-electron chi connectivity index (χ2n) is 6.13. The number of carbonyl (C=O) groups excluding carboxylic acids is 2. The summed E-state index contributed by atoms with van der Waals surface area (Å²) in [7, 11) is 0. The standard InChI is InChI=1S/C18H26N2O3/c1-3-12(4-2)17(22)11-19-18(23)20-14-9-8-13-6-5-7-16(21)15(13)10-14/h8-10,12,17,22H,3-7,11H2,1-2H3,(H2,19,20,23). The van der Waals surface area contributed by atoms with Crippen LogP contribution in [0.25, 0.3) is 0 Å². The van der Waals surface area contributed by atoms with E-state index in [9.17, 15) is 14.7 Å². The largest absolute Gasteiger partial charge is 0.391 e. The number of hydrogen-bond donors (Lipinski definition) is 3. The van der Waals surface area contributed by atoms with Gasteiger partial charge in [0.15, 0.2) is 5.78 Å². The van der Waals surface area contributed by atoms with E-state index in [0.717, 1.165) is 31.2 Å². The molecule has 0 fully saturated rings. The fourth-order valence-corrected chi connectivity index (χ4v) is 3.08. The Kier molecular flexibility index (Phi) is 6.16. The molecule has 0 aromatic heterocycles.